The van der Waals surface area contributed by atoms with Gasteiger partial charge in [0, 0.05) is 5.56 Å². The quantitative estimate of drug-likeness (QED) is 0.894. The minimum absolute atomic E-state index is 0.191. The Bertz CT molecular complexity index is 543. The number of rotatable bonds is 2. The predicted octanol–water partition coefficient (Wildman–Crippen LogP) is 3.81. The van der Waals surface area contributed by atoms with Crippen LogP contribution in [0.4, 0.5) is 8.78 Å². The fourth-order valence-electron chi connectivity index (χ4n) is 1.59. The van der Waals surface area contributed by atoms with Gasteiger partial charge in [0.05, 0.1) is 4.47 Å². The fraction of sp³-hybridized carbons (Fsp3) is 0.0769. The molecule has 0 aromatic heterocycles. The number of aliphatic hydroxyl groups is 1. The molecule has 2 aromatic carbocycles. The maximum Gasteiger partial charge on any atom is 0.137 e. The average molecular weight is 299 g/mol. The van der Waals surface area contributed by atoms with E-state index in [2.05, 4.69) is 15.9 Å². The van der Waals surface area contributed by atoms with Crippen LogP contribution in [0.5, 0.6) is 0 Å². The maximum atomic E-state index is 13.3. The average Bonchev–Trinajstić information content (AvgIpc) is 2.32. The molecule has 17 heavy (non-hydrogen) atoms. The molecular formula is C13H9BrF2O. The first-order valence-electron chi connectivity index (χ1n) is 4.97. The van der Waals surface area contributed by atoms with Crippen LogP contribution in [-0.4, -0.2) is 5.11 Å². The lowest BCUT2D eigenvalue weighted by atomic mass is 10.0. The van der Waals surface area contributed by atoms with Gasteiger partial charge in [0.15, 0.2) is 0 Å². The normalized spacial score (nSPS) is 12.5. The van der Waals surface area contributed by atoms with E-state index in [1.807, 2.05) is 0 Å². The summed E-state index contributed by atoms with van der Waals surface area (Å²) in [5.41, 5.74) is 0.756. The first-order valence-corrected chi connectivity index (χ1v) is 5.76. The summed E-state index contributed by atoms with van der Waals surface area (Å²) in [6.45, 7) is 0. The summed E-state index contributed by atoms with van der Waals surface area (Å²) in [6, 6.07) is 9.97. The first-order chi connectivity index (χ1) is 8.09. The van der Waals surface area contributed by atoms with Crippen LogP contribution in [-0.2, 0) is 0 Å². The molecule has 1 atom stereocenters. The zero-order chi connectivity index (χ0) is 12.4. The first kappa shape index (κ1) is 12.2. The van der Waals surface area contributed by atoms with Crippen LogP contribution in [0.3, 0.4) is 0 Å². The number of hydrogen-bond donors (Lipinski definition) is 1. The molecule has 0 heterocycles. The van der Waals surface area contributed by atoms with E-state index >= 15 is 0 Å². The summed E-state index contributed by atoms with van der Waals surface area (Å²) < 4.78 is 26.5. The van der Waals surface area contributed by atoms with Crippen molar-refractivity contribution in [3.8, 4) is 0 Å². The number of benzene rings is 2. The third kappa shape index (κ3) is 2.53. The van der Waals surface area contributed by atoms with E-state index in [1.54, 1.807) is 12.1 Å². The van der Waals surface area contributed by atoms with Gasteiger partial charge in [0.25, 0.3) is 0 Å². The van der Waals surface area contributed by atoms with Gasteiger partial charge < -0.3 is 5.11 Å². The van der Waals surface area contributed by atoms with E-state index in [0.717, 1.165) is 0 Å². The Balaban J connectivity index is 2.44. The van der Waals surface area contributed by atoms with E-state index in [-0.39, 0.29) is 4.47 Å². The summed E-state index contributed by atoms with van der Waals surface area (Å²) in [7, 11) is 0. The minimum Gasteiger partial charge on any atom is -0.384 e. The summed E-state index contributed by atoms with van der Waals surface area (Å²) in [6.07, 6.45) is -1.06. The van der Waals surface area contributed by atoms with Gasteiger partial charge >= 0.3 is 0 Å². The van der Waals surface area contributed by atoms with Crippen molar-refractivity contribution in [2.24, 2.45) is 0 Å². The third-order valence-electron chi connectivity index (χ3n) is 2.44. The Hall–Kier alpha value is -1.26. The highest BCUT2D eigenvalue weighted by Gasteiger charge is 2.16. The van der Waals surface area contributed by atoms with Crippen molar-refractivity contribution in [3.63, 3.8) is 0 Å². The largest absolute Gasteiger partial charge is 0.384 e. The Morgan fingerprint density at radius 2 is 1.76 bits per heavy atom. The van der Waals surface area contributed by atoms with Gasteiger partial charge in [0.1, 0.15) is 17.7 Å². The van der Waals surface area contributed by atoms with Crippen molar-refractivity contribution in [3.05, 3.63) is 69.7 Å². The summed E-state index contributed by atoms with van der Waals surface area (Å²) in [5.74, 6) is -0.896. The molecule has 2 rings (SSSR count). The third-order valence-corrected chi connectivity index (χ3v) is 3.28. The Morgan fingerprint density at radius 3 is 2.47 bits per heavy atom. The van der Waals surface area contributed by atoms with E-state index in [4.69, 9.17) is 0 Å². The monoisotopic (exact) mass is 298 g/mol. The van der Waals surface area contributed by atoms with Crippen molar-refractivity contribution in [1.29, 1.82) is 0 Å². The molecule has 0 saturated carbocycles. The molecule has 0 radical (unpaired) electrons. The summed E-state index contributed by atoms with van der Waals surface area (Å²) >= 11 is 3.07. The zero-order valence-corrected chi connectivity index (χ0v) is 10.3. The van der Waals surface area contributed by atoms with Crippen molar-refractivity contribution in [2.45, 2.75) is 6.10 Å². The van der Waals surface area contributed by atoms with Crippen molar-refractivity contribution < 1.29 is 13.9 Å². The molecule has 0 amide bonds. The highest BCUT2D eigenvalue weighted by atomic mass is 79.9. The molecule has 0 bridgehead atoms. The molecule has 88 valence electrons. The lowest BCUT2D eigenvalue weighted by Gasteiger charge is -2.13. The van der Waals surface area contributed by atoms with E-state index in [1.165, 1.54) is 30.3 Å². The topological polar surface area (TPSA) is 20.2 Å². The molecule has 0 fully saturated rings. The maximum absolute atomic E-state index is 13.3. The van der Waals surface area contributed by atoms with Crippen LogP contribution in [0, 0.1) is 11.6 Å². The summed E-state index contributed by atoms with van der Waals surface area (Å²) in [5, 5.41) is 10.1. The molecule has 0 aliphatic heterocycles. The van der Waals surface area contributed by atoms with E-state index in [9.17, 15) is 13.9 Å². The lowest BCUT2D eigenvalue weighted by Crippen LogP contribution is -2.02. The number of hydrogen-bond acceptors (Lipinski definition) is 1. The fourth-order valence-corrected chi connectivity index (χ4v) is 2.07. The molecule has 4 heteroatoms. The molecule has 0 aliphatic rings. The highest BCUT2D eigenvalue weighted by Crippen LogP contribution is 2.30. The van der Waals surface area contributed by atoms with Crippen LogP contribution in [0.2, 0.25) is 0 Å². The molecule has 0 aliphatic carbocycles. The van der Waals surface area contributed by atoms with Crippen molar-refractivity contribution in [2.75, 3.05) is 0 Å². The second-order valence-electron chi connectivity index (χ2n) is 3.60. The van der Waals surface area contributed by atoms with Crippen LogP contribution >= 0.6 is 15.9 Å². The van der Waals surface area contributed by atoms with Gasteiger partial charge in [-0.1, -0.05) is 24.3 Å². The lowest BCUT2D eigenvalue weighted by molar-refractivity contribution is 0.218. The molecule has 2 aromatic rings. The van der Waals surface area contributed by atoms with Gasteiger partial charge in [-0.15, -0.1) is 0 Å². The molecule has 1 unspecified atom stereocenters. The molecule has 0 spiro atoms. The number of halogens is 3. The van der Waals surface area contributed by atoms with Gasteiger partial charge in [-0.3, -0.25) is 0 Å². The van der Waals surface area contributed by atoms with E-state index < -0.39 is 17.7 Å². The zero-order valence-electron chi connectivity index (χ0n) is 8.70. The molecule has 1 nitrogen and oxygen atoms in total. The van der Waals surface area contributed by atoms with Gasteiger partial charge in [0.2, 0.25) is 0 Å². The van der Waals surface area contributed by atoms with Crippen molar-refractivity contribution in [1.82, 2.24) is 0 Å². The number of aliphatic hydroxyl groups excluding tert-OH is 1. The molecule has 1 N–H and O–H groups in total. The van der Waals surface area contributed by atoms with Crippen LogP contribution < -0.4 is 0 Å². The Kier molecular flexibility index (Phi) is 3.54. The minimum atomic E-state index is -1.06. The second kappa shape index (κ2) is 4.94. The molecular weight excluding hydrogens is 290 g/mol. The van der Waals surface area contributed by atoms with Gasteiger partial charge in [-0.05, 0) is 39.7 Å². The van der Waals surface area contributed by atoms with E-state index in [0.29, 0.717) is 11.1 Å². The standard InChI is InChI=1S/C13H9BrF2O/c14-12-10(5-2-6-11(12)16)13(17)8-3-1-4-9(15)7-8/h1-7,13,17H. The molecule has 0 saturated heterocycles. The van der Waals surface area contributed by atoms with Crippen LogP contribution in [0.1, 0.15) is 17.2 Å². The van der Waals surface area contributed by atoms with Gasteiger partial charge in [-0.25, -0.2) is 8.78 Å². The predicted molar refractivity (Wildman–Crippen MR) is 64.6 cm³/mol. The van der Waals surface area contributed by atoms with Crippen LogP contribution in [0.15, 0.2) is 46.9 Å². The van der Waals surface area contributed by atoms with Gasteiger partial charge in [-0.2, -0.15) is 0 Å². The second-order valence-corrected chi connectivity index (χ2v) is 4.39. The Labute approximate surface area is 106 Å². The smallest absolute Gasteiger partial charge is 0.137 e. The highest BCUT2D eigenvalue weighted by molar-refractivity contribution is 9.10. The van der Waals surface area contributed by atoms with Crippen molar-refractivity contribution >= 4 is 15.9 Å². The van der Waals surface area contributed by atoms with Crippen LogP contribution in [0.25, 0.3) is 0 Å². The SMILES string of the molecule is OC(c1cccc(F)c1)c1cccc(F)c1Br. The Morgan fingerprint density at radius 1 is 1.06 bits per heavy atom. The summed E-state index contributed by atoms with van der Waals surface area (Å²) in [4.78, 5) is 0.